The molecule has 1 aliphatic rings. The molecule has 3 rings (SSSR count). The molecule has 1 aliphatic heterocycles. The molecule has 0 aliphatic carbocycles. The van der Waals surface area contributed by atoms with Crippen LogP contribution in [0.2, 0.25) is 0 Å². The predicted octanol–water partition coefficient (Wildman–Crippen LogP) is 3.44. The zero-order valence-electron chi connectivity index (χ0n) is 13.0. The van der Waals surface area contributed by atoms with Crippen molar-refractivity contribution in [2.75, 3.05) is 23.4 Å². The van der Waals surface area contributed by atoms with Gasteiger partial charge in [0.05, 0.1) is 5.69 Å². The Kier molecular flexibility index (Phi) is 5.34. The van der Waals surface area contributed by atoms with Gasteiger partial charge in [-0.05, 0) is 53.3 Å². The SMILES string of the molecule is O=C(COc1cccc(N2CCCC2=O)c1)Nc1ccccc1I. The molecule has 24 heavy (non-hydrogen) atoms. The van der Waals surface area contributed by atoms with Gasteiger partial charge in [0.15, 0.2) is 6.61 Å². The highest BCUT2D eigenvalue weighted by Gasteiger charge is 2.21. The molecule has 5 nitrogen and oxygen atoms in total. The molecule has 1 heterocycles. The molecule has 0 saturated carbocycles. The Labute approximate surface area is 154 Å². The molecule has 0 unspecified atom stereocenters. The van der Waals surface area contributed by atoms with Crippen LogP contribution in [0.1, 0.15) is 12.8 Å². The molecule has 0 spiro atoms. The molecule has 0 bridgehead atoms. The predicted molar refractivity (Wildman–Crippen MR) is 101 cm³/mol. The first kappa shape index (κ1) is 16.8. The van der Waals surface area contributed by atoms with E-state index in [1.165, 1.54) is 0 Å². The van der Waals surface area contributed by atoms with Gasteiger partial charge in [-0.15, -0.1) is 0 Å². The van der Waals surface area contributed by atoms with E-state index in [1.54, 1.807) is 17.0 Å². The van der Waals surface area contributed by atoms with Crippen LogP contribution < -0.4 is 15.0 Å². The van der Waals surface area contributed by atoms with Crippen LogP contribution >= 0.6 is 22.6 Å². The molecule has 6 heteroatoms. The first-order valence-corrected chi connectivity index (χ1v) is 8.79. The number of halogens is 1. The summed E-state index contributed by atoms with van der Waals surface area (Å²) in [6.45, 7) is 0.650. The second-order valence-corrected chi connectivity index (χ2v) is 6.63. The van der Waals surface area contributed by atoms with E-state index in [2.05, 4.69) is 27.9 Å². The van der Waals surface area contributed by atoms with Gasteiger partial charge in [-0.2, -0.15) is 0 Å². The van der Waals surface area contributed by atoms with Crippen LogP contribution in [0.5, 0.6) is 5.75 Å². The molecule has 2 aromatic rings. The van der Waals surface area contributed by atoms with Gasteiger partial charge in [-0.25, -0.2) is 0 Å². The third-order valence-electron chi connectivity index (χ3n) is 3.72. The van der Waals surface area contributed by atoms with E-state index in [4.69, 9.17) is 4.74 Å². The van der Waals surface area contributed by atoms with Crippen molar-refractivity contribution in [3.63, 3.8) is 0 Å². The first-order chi connectivity index (χ1) is 11.6. The van der Waals surface area contributed by atoms with Crippen LogP contribution in [-0.4, -0.2) is 25.0 Å². The van der Waals surface area contributed by atoms with Crippen LogP contribution in [0.3, 0.4) is 0 Å². The Balaban J connectivity index is 1.59. The Morgan fingerprint density at radius 1 is 1.21 bits per heavy atom. The molecule has 2 aromatic carbocycles. The Bertz CT molecular complexity index is 763. The second-order valence-electron chi connectivity index (χ2n) is 5.46. The van der Waals surface area contributed by atoms with Gasteiger partial charge >= 0.3 is 0 Å². The number of carbonyl (C=O) groups excluding carboxylic acids is 2. The number of hydrogen-bond acceptors (Lipinski definition) is 3. The number of carbonyl (C=O) groups is 2. The summed E-state index contributed by atoms with van der Waals surface area (Å²) in [5.74, 6) is 0.482. The van der Waals surface area contributed by atoms with Crippen molar-refractivity contribution in [2.45, 2.75) is 12.8 Å². The maximum Gasteiger partial charge on any atom is 0.262 e. The van der Waals surface area contributed by atoms with Gasteiger partial charge < -0.3 is 15.0 Å². The summed E-state index contributed by atoms with van der Waals surface area (Å²) in [5, 5.41) is 2.82. The topological polar surface area (TPSA) is 58.6 Å². The lowest BCUT2D eigenvalue weighted by Gasteiger charge is -2.16. The molecular weight excluding hydrogens is 419 g/mol. The van der Waals surface area contributed by atoms with E-state index < -0.39 is 0 Å². The average Bonchev–Trinajstić information content (AvgIpc) is 3.01. The standard InChI is InChI=1S/C18H17IN2O3/c19-15-7-1-2-8-16(15)20-17(22)12-24-14-6-3-5-13(11-14)21-10-4-9-18(21)23/h1-3,5-8,11H,4,9-10,12H2,(H,20,22). The van der Waals surface area contributed by atoms with Crippen molar-refractivity contribution < 1.29 is 14.3 Å². The van der Waals surface area contributed by atoms with Crippen molar-refractivity contribution >= 4 is 45.8 Å². The zero-order valence-corrected chi connectivity index (χ0v) is 15.2. The molecule has 2 amide bonds. The minimum absolute atomic E-state index is 0.0810. The lowest BCUT2D eigenvalue weighted by atomic mass is 10.3. The normalized spacial score (nSPS) is 13.9. The quantitative estimate of drug-likeness (QED) is 0.731. The van der Waals surface area contributed by atoms with Crippen LogP contribution in [0, 0.1) is 3.57 Å². The fourth-order valence-electron chi connectivity index (χ4n) is 2.56. The number of hydrogen-bond donors (Lipinski definition) is 1. The number of benzene rings is 2. The minimum atomic E-state index is -0.221. The van der Waals surface area contributed by atoms with E-state index in [0.717, 1.165) is 27.9 Å². The number of anilines is 2. The molecular formula is C18H17IN2O3. The van der Waals surface area contributed by atoms with Gasteiger partial charge in [0.25, 0.3) is 5.91 Å². The molecule has 124 valence electrons. The summed E-state index contributed by atoms with van der Waals surface area (Å²) >= 11 is 2.17. The highest BCUT2D eigenvalue weighted by molar-refractivity contribution is 14.1. The summed E-state index contributed by atoms with van der Waals surface area (Å²) in [6, 6.07) is 14.8. The zero-order chi connectivity index (χ0) is 16.9. The van der Waals surface area contributed by atoms with E-state index in [1.807, 2.05) is 36.4 Å². The lowest BCUT2D eigenvalue weighted by Crippen LogP contribution is -2.24. The molecule has 0 atom stereocenters. The summed E-state index contributed by atoms with van der Waals surface area (Å²) in [5.41, 5.74) is 1.58. The van der Waals surface area contributed by atoms with Crippen molar-refractivity contribution in [3.8, 4) is 5.75 Å². The number of nitrogens with one attached hydrogen (secondary N) is 1. The number of ether oxygens (including phenoxy) is 1. The van der Waals surface area contributed by atoms with Crippen molar-refractivity contribution in [2.24, 2.45) is 0 Å². The van der Waals surface area contributed by atoms with Crippen LogP contribution in [0.4, 0.5) is 11.4 Å². The smallest absolute Gasteiger partial charge is 0.262 e. The first-order valence-electron chi connectivity index (χ1n) is 7.71. The fourth-order valence-corrected chi connectivity index (χ4v) is 3.08. The summed E-state index contributed by atoms with van der Waals surface area (Å²) in [6.07, 6.45) is 1.46. The van der Waals surface area contributed by atoms with Crippen molar-refractivity contribution in [1.29, 1.82) is 0 Å². The summed E-state index contributed by atoms with van der Waals surface area (Å²) in [7, 11) is 0. The van der Waals surface area contributed by atoms with Gasteiger partial charge in [0.1, 0.15) is 5.75 Å². The van der Waals surface area contributed by atoms with Crippen LogP contribution in [0.15, 0.2) is 48.5 Å². The largest absolute Gasteiger partial charge is 0.484 e. The number of nitrogens with zero attached hydrogens (tertiary/aromatic N) is 1. The fraction of sp³-hybridized carbons (Fsp3) is 0.222. The maximum absolute atomic E-state index is 12.0. The third-order valence-corrected chi connectivity index (χ3v) is 4.66. The van der Waals surface area contributed by atoms with Crippen molar-refractivity contribution in [3.05, 3.63) is 52.1 Å². The minimum Gasteiger partial charge on any atom is -0.484 e. The third kappa shape index (κ3) is 4.05. The van der Waals surface area contributed by atoms with Crippen LogP contribution in [-0.2, 0) is 9.59 Å². The highest BCUT2D eigenvalue weighted by Crippen LogP contribution is 2.25. The average molecular weight is 436 g/mol. The highest BCUT2D eigenvalue weighted by atomic mass is 127. The van der Waals surface area contributed by atoms with Gasteiger partial charge in [-0.1, -0.05) is 18.2 Å². The van der Waals surface area contributed by atoms with E-state index in [0.29, 0.717) is 12.2 Å². The maximum atomic E-state index is 12.0. The molecule has 1 saturated heterocycles. The van der Waals surface area contributed by atoms with E-state index in [-0.39, 0.29) is 18.4 Å². The molecule has 0 aromatic heterocycles. The molecule has 0 radical (unpaired) electrons. The lowest BCUT2D eigenvalue weighted by molar-refractivity contribution is -0.118. The van der Waals surface area contributed by atoms with Gasteiger partial charge in [0.2, 0.25) is 5.91 Å². The Morgan fingerprint density at radius 3 is 2.79 bits per heavy atom. The summed E-state index contributed by atoms with van der Waals surface area (Å²) in [4.78, 5) is 25.6. The van der Waals surface area contributed by atoms with Gasteiger partial charge in [0, 0.05) is 28.3 Å². The van der Waals surface area contributed by atoms with E-state index >= 15 is 0 Å². The Hall–Kier alpha value is -2.09. The number of amides is 2. The van der Waals surface area contributed by atoms with Crippen molar-refractivity contribution in [1.82, 2.24) is 0 Å². The van der Waals surface area contributed by atoms with Gasteiger partial charge in [-0.3, -0.25) is 9.59 Å². The number of rotatable bonds is 5. The molecule has 1 fully saturated rings. The number of para-hydroxylation sites is 1. The Morgan fingerprint density at radius 2 is 2.04 bits per heavy atom. The monoisotopic (exact) mass is 436 g/mol. The van der Waals surface area contributed by atoms with E-state index in [9.17, 15) is 9.59 Å². The van der Waals surface area contributed by atoms with Crippen LogP contribution in [0.25, 0.3) is 0 Å². The summed E-state index contributed by atoms with van der Waals surface area (Å²) < 4.78 is 6.53. The molecule has 1 N–H and O–H groups in total. The second kappa shape index (κ2) is 7.65.